The topological polar surface area (TPSA) is 17.1 Å². The van der Waals surface area contributed by atoms with Crippen molar-refractivity contribution in [3.05, 3.63) is 35.9 Å². The third-order valence-electron chi connectivity index (χ3n) is 4.54. The first-order valence-electron chi connectivity index (χ1n) is 6.80. The zero-order chi connectivity index (χ0) is 12.3. The van der Waals surface area contributed by atoms with E-state index in [0.29, 0.717) is 5.78 Å². The molecular weight excluding hydrogens is 208 g/mol. The number of carbonyl (C=O) groups is 1. The Kier molecular flexibility index (Phi) is 3.66. The first-order chi connectivity index (χ1) is 8.22. The van der Waals surface area contributed by atoms with Gasteiger partial charge in [0.05, 0.1) is 0 Å². The summed E-state index contributed by atoms with van der Waals surface area (Å²) in [4.78, 5) is 12.5. The first-order valence-corrected chi connectivity index (χ1v) is 6.80. The quantitative estimate of drug-likeness (QED) is 0.763. The SMILES string of the molecule is CCC1(CC)CCC(Cc2ccccc2)C1=O. The number of ketones is 1. The van der Waals surface area contributed by atoms with Gasteiger partial charge in [0.15, 0.2) is 0 Å². The number of hydrogen-bond donors (Lipinski definition) is 0. The molecular formula is C16H22O. The molecule has 1 unspecified atom stereocenters. The second kappa shape index (κ2) is 5.03. The summed E-state index contributed by atoms with van der Waals surface area (Å²) in [5.41, 5.74) is 1.30. The number of Topliss-reactive ketones (excluding diaryl/α,β-unsaturated/α-hetero) is 1. The molecule has 1 fully saturated rings. The Morgan fingerprint density at radius 2 is 1.82 bits per heavy atom. The van der Waals surface area contributed by atoms with Gasteiger partial charge in [-0.1, -0.05) is 44.2 Å². The van der Waals surface area contributed by atoms with E-state index in [1.165, 1.54) is 5.56 Å². The largest absolute Gasteiger partial charge is 0.299 e. The van der Waals surface area contributed by atoms with E-state index < -0.39 is 0 Å². The lowest BCUT2D eigenvalue weighted by molar-refractivity contribution is -0.129. The molecule has 1 saturated carbocycles. The second-order valence-corrected chi connectivity index (χ2v) is 5.28. The molecule has 1 nitrogen and oxygen atoms in total. The van der Waals surface area contributed by atoms with Crippen molar-refractivity contribution in [1.82, 2.24) is 0 Å². The summed E-state index contributed by atoms with van der Waals surface area (Å²) < 4.78 is 0. The molecule has 1 aliphatic rings. The van der Waals surface area contributed by atoms with Crippen LogP contribution in [0.25, 0.3) is 0 Å². The second-order valence-electron chi connectivity index (χ2n) is 5.28. The van der Waals surface area contributed by atoms with Crippen LogP contribution in [0, 0.1) is 11.3 Å². The molecule has 0 aromatic heterocycles. The summed E-state index contributed by atoms with van der Waals surface area (Å²) in [5.74, 6) is 0.781. The van der Waals surface area contributed by atoms with Crippen LogP contribution in [0.1, 0.15) is 45.1 Å². The Labute approximate surface area is 104 Å². The number of carbonyl (C=O) groups excluding carboxylic acids is 1. The van der Waals surface area contributed by atoms with Gasteiger partial charge in [-0.2, -0.15) is 0 Å². The minimum Gasteiger partial charge on any atom is -0.299 e. The lowest BCUT2D eigenvalue weighted by Crippen LogP contribution is -2.28. The number of rotatable bonds is 4. The van der Waals surface area contributed by atoms with Gasteiger partial charge in [0.25, 0.3) is 0 Å². The molecule has 0 amide bonds. The van der Waals surface area contributed by atoms with Crippen LogP contribution in [0.2, 0.25) is 0 Å². The molecule has 2 rings (SSSR count). The Morgan fingerprint density at radius 1 is 1.18 bits per heavy atom. The lowest BCUT2D eigenvalue weighted by Gasteiger charge is -2.24. The van der Waals surface area contributed by atoms with Crippen molar-refractivity contribution in [2.75, 3.05) is 0 Å². The van der Waals surface area contributed by atoms with Crippen molar-refractivity contribution in [2.24, 2.45) is 11.3 Å². The van der Waals surface area contributed by atoms with Crippen molar-refractivity contribution in [3.8, 4) is 0 Å². The molecule has 1 aliphatic carbocycles. The minimum atomic E-state index is -0.000549. The van der Waals surface area contributed by atoms with Crippen molar-refractivity contribution >= 4 is 5.78 Å². The van der Waals surface area contributed by atoms with Crippen LogP contribution >= 0.6 is 0 Å². The molecule has 0 spiro atoms. The first kappa shape index (κ1) is 12.3. The van der Waals surface area contributed by atoms with E-state index in [1.54, 1.807) is 0 Å². The molecule has 1 heteroatoms. The molecule has 0 aliphatic heterocycles. The average molecular weight is 230 g/mol. The van der Waals surface area contributed by atoms with Crippen LogP contribution in [-0.4, -0.2) is 5.78 Å². The zero-order valence-corrected chi connectivity index (χ0v) is 10.9. The fourth-order valence-corrected chi connectivity index (χ4v) is 3.18. The Morgan fingerprint density at radius 3 is 2.35 bits per heavy atom. The van der Waals surface area contributed by atoms with Gasteiger partial charge in [-0.05, 0) is 37.7 Å². The predicted molar refractivity (Wildman–Crippen MR) is 70.9 cm³/mol. The zero-order valence-electron chi connectivity index (χ0n) is 10.9. The van der Waals surface area contributed by atoms with Gasteiger partial charge in [-0.3, -0.25) is 4.79 Å². The van der Waals surface area contributed by atoms with Gasteiger partial charge in [-0.25, -0.2) is 0 Å². The van der Waals surface area contributed by atoms with Crippen LogP contribution in [-0.2, 0) is 11.2 Å². The van der Waals surface area contributed by atoms with Gasteiger partial charge in [0, 0.05) is 11.3 Å². The highest BCUT2D eigenvalue weighted by atomic mass is 16.1. The third-order valence-corrected chi connectivity index (χ3v) is 4.54. The molecule has 0 radical (unpaired) electrons. The van der Waals surface area contributed by atoms with Crippen LogP contribution in [0.4, 0.5) is 0 Å². The molecule has 17 heavy (non-hydrogen) atoms. The maximum Gasteiger partial charge on any atom is 0.142 e. The monoisotopic (exact) mass is 230 g/mol. The average Bonchev–Trinajstić information content (AvgIpc) is 2.69. The fraction of sp³-hybridized carbons (Fsp3) is 0.562. The van der Waals surface area contributed by atoms with Gasteiger partial charge < -0.3 is 0 Å². The molecule has 0 N–H and O–H groups in total. The van der Waals surface area contributed by atoms with Crippen molar-refractivity contribution in [1.29, 1.82) is 0 Å². The third kappa shape index (κ3) is 2.29. The Balaban J connectivity index is 2.08. The minimum absolute atomic E-state index is 0.000549. The Hall–Kier alpha value is -1.11. The van der Waals surface area contributed by atoms with E-state index in [4.69, 9.17) is 0 Å². The van der Waals surface area contributed by atoms with E-state index in [-0.39, 0.29) is 11.3 Å². The van der Waals surface area contributed by atoms with E-state index in [2.05, 4.69) is 38.1 Å². The fourth-order valence-electron chi connectivity index (χ4n) is 3.18. The molecule has 0 heterocycles. The van der Waals surface area contributed by atoms with Gasteiger partial charge in [-0.15, -0.1) is 0 Å². The van der Waals surface area contributed by atoms with Crippen molar-refractivity contribution < 1.29 is 4.79 Å². The summed E-state index contributed by atoms with van der Waals surface area (Å²) in [6.07, 6.45) is 5.12. The highest BCUT2D eigenvalue weighted by molar-refractivity contribution is 5.89. The molecule has 1 aromatic carbocycles. The predicted octanol–water partition coefficient (Wildman–Crippen LogP) is 4.01. The van der Waals surface area contributed by atoms with E-state index in [0.717, 1.165) is 32.1 Å². The highest BCUT2D eigenvalue weighted by Crippen LogP contribution is 2.44. The Bertz CT molecular complexity index is 376. The van der Waals surface area contributed by atoms with Crippen LogP contribution in [0.5, 0.6) is 0 Å². The normalized spacial score (nSPS) is 22.9. The smallest absolute Gasteiger partial charge is 0.142 e. The van der Waals surface area contributed by atoms with E-state index >= 15 is 0 Å². The van der Waals surface area contributed by atoms with Gasteiger partial charge in [0.1, 0.15) is 5.78 Å². The van der Waals surface area contributed by atoms with Crippen LogP contribution < -0.4 is 0 Å². The summed E-state index contributed by atoms with van der Waals surface area (Å²) in [6.45, 7) is 4.32. The van der Waals surface area contributed by atoms with Gasteiger partial charge in [0.2, 0.25) is 0 Å². The van der Waals surface area contributed by atoms with Crippen LogP contribution in [0.3, 0.4) is 0 Å². The molecule has 0 saturated heterocycles. The number of benzene rings is 1. The molecule has 1 aromatic rings. The molecule has 92 valence electrons. The maximum atomic E-state index is 12.5. The summed E-state index contributed by atoms with van der Waals surface area (Å²) >= 11 is 0. The summed E-state index contributed by atoms with van der Waals surface area (Å²) in [6, 6.07) is 10.4. The highest BCUT2D eigenvalue weighted by Gasteiger charge is 2.44. The summed E-state index contributed by atoms with van der Waals surface area (Å²) in [7, 11) is 0. The van der Waals surface area contributed by atoms with Gasteiger partial charge >= 0.3 is 0 Å². The summed E-state index contributed by atoms with van der Waals surface area (Å²) in [5, 5.41) is 0. The lowest BCUT2D eigenvalue weighted by atomic mass is 9.78. The maximum absolute atomic E-state index is 12.5. The van der Waals surface area contributed by atoms with Crippen molar-refractivity contribution in [2.45, 2.75) is 46.0 Å². The van der Waals surface area contributed by atoms with Crippen molar-refractivity contribution in [3.63, 3.8) is 0 Å². The number of hydrogen-bond acceptors (Lipinski definition) is 1. The molecule has 1 atom stereocenters. The molecule has 0 bridgehead atoms. The van der Waals surface area contributed by atoms with Crippen LogP contribution in [0.15, 0.2) is 30.3 Å². The van der Waals surface area contributed by atoms with E-state index in [9.17, 15) is 4.79 Å². The van der Waals surface area contributed by atoms with E-state index in [1.807, 2.05) is 6.07 Å². The standard InChI is InChI=1S/C16H22O/c1-3-16(4-2)11-10-14(15(16)17)12-13-8-6-5-7-9-13/h5-9,14H,3-4,10-12H2,1-2H3.